The number of hydrogen-bond donors (Lipinski definition) is 1. The maximum Gasteiger partial charge on any atom is 0.227 e. The first-order valence-corrected chi connectivity index (χ1v) is 5.79. The Morgan fingerprint density at radius 1 is 1.67 bits per heavy atom. The van der Waals surface area contributed by atoms with E-state index in [2.05, 4.69) is 25.7 Å². The fourth-order valence-electron chi connectivity index (χ4n) is 1.99. The van der Waals surface area contributed by atoms with Crippen molar-refractivity contribution in [3.63, 3.8) is 0 Å². The lowest BCUT2D eigenvalue weighted by molar-refractivity contribution is -0.137. The molecule has 1 aliphatic heterocycles. The van der Waals surface area contributed by atoms with Crippen molar-refractivity contribution in [2.75, 3.05) is 19.6 Å². The first-order chi connectivity index (χ1) is 7.16. The maximum absolute atomic E-state index is 12.2. The largest absolute Gasteiger partial charge is 0.336 e. The lowest BCUT2D eigenvalue weighted by Crippen LogP contribution is -2.45. The number of amides is 1. The van der Waals surface area contributed by atoms with Gasteiger partial charge in [-0.25, -0.2) is 0 Å². The first-order valence-electron chi connectivity index (χ1n) is 5.79. The van der Waals surface area contributed by atoms with Gasteiger partial charge in [-0.2, -0.15) is 0 Å². The minimum absolute atomic E-state index is 0.168. The highest BCUT2D eigenvalue weighted by Gasteiger charge is 2.26. The van der Waals surface area contributed by atoms with E-state index in [0.29, 0.717) is 6.54 Å². The molecule has 0 aromatic heterocycles. The van der Waals surface area contributed by atoms with Crippen molar-refractivity contribution in [3.05, 3.63) is 12.7 Å². The molecule has 1 rings (SSSR count). The zero-order valence-electron chi connectivity index (χ0n) is 9.83. The van der Waals surface area contributed by atoms with Gasteiger partial charge in [0.25, 0.3) is 0 Å². The number of nitrogens with zero attached hydrogens (tertiary/aromatic N) is 1. The summed E-state index contributed by atoms with van der Waals surface area (Å²) >= 11 is 0. The van der Waals surface area contributed by atoms with Crippen LogP contribution in [0.25, 0.3) is 0 Å². The molecular formula is C12H22N2O. The van der Waals surface area contributed by atoms with E-state index in [1.165, 1.54) is 0 Å². The molecule has 0 aromatic carbocycles. The van der Waals surface area contributed by atoms with E-state index >= 15 is 0 Å². The number of carbonyl (C=O) groups is 1. The van der Waals surface area contributed by atoms with Crippen molar-refractivity contribution in [1.82, 2.24) is 10.2 Å². The Morgan fingerprint density at radius 3 is 2.87 bits per heavy atom. The van der Waals surface area contributed by atoms with Crippen LogP contribution in [-0.4, -0.2) is 36.5 Å². The van der Waals surface area contributed by atoms with Gasteiger partial charge in [0.05, 0.1) is 5.92 Å². The highest BCUT2D eigenvalue weighted by atomic mass is 16.2. The number of rotatable bonds is 4. The smallest absolute Gasteiger partial charge is 0.227 e. The molecule has 86 valence electrons. The average Bonchev–Trinajstić information content (AvgIpc) is 2.26. The highest BCUT2D eigenvalue weighted by Crippen LogP contribution is 2.15. The van der Waals surface area contributed by atoms with Gasteiger partial charge in [0.15, 0.2) is 0 Å². The third-order valence-corrected chi connectivity index (χ3v) is 2.88. The molecule has 15 heavy (non-hydrogen) atoms. The van der Waals surface area contributed by atoms with Crippen molar-refractivity contribution in [1.29, 1.82) is 0 Å². The van der Waals surface area contributed by atoms with E-state index in [4.69, 9.17) is 0 Å². The molecule has 1 amide bonds. The van der Waals surface area contributed by atoms with Gasteiger partial charge < -0.3 is 10.2 Å². The van der Waals surface area contributed by atoms with E-state index in [9.17, 15) is 4.79 Å². The van der Waals surface area contributed by atoms with Gasteiger partial charge in [-0.05, 0) is 33.2 Å². The minimum atomic E-state index is 0.168. The molecule has 0 spiro atoms. The third kappa shape index (κ3) is 3.34. The summed E-state index contributed by atoms with van der Waals surface area (Å²) in [6.45, 7) is 10.3. The van der Waals surface area contributed by atoms with Crippen LogP contribution in [0.3, 0.4) is 0 Å². The van der Waals surface area contributed by atoms with Gasteiger partial charge in [-0.15, -0.1) is 6.58 Å². The summed E-state index contributed by atoms with van der Waals surface area (Å²) in [5.74, 6) is 0.443. The highest BCUT2D eigenvalue weighted by molar-refractivity contribution is 5.79. The van der Waals surface area contributed by atoms with Gasteiger partial charge in [0.1, 0.15) is 0 Å². The van der Waals surface area contributed by atoms with Crippen LogP contribution in [0.1, 0.15) is 26.7 Å². The van der Waals surface area contributed by atoms with E-state index in [-0.39, 0.29) is 17.9 Å². The van der Waals surface area contributed by atoms with Crippen LogP contribution in [0.2, 0.25) is 0 Å². The monoisotopic (exact) mass is 210 g/mol. The molecule has 1 fully saturated rings. The van der Waals surface area contributed by atoms with Gasteiger partial charge >= 0.3 is 0 Å². The molecule has 0 aliphatic carbocycles. The van der Waals surface area contributed by atoms with Crippen molar-refractivity contribution in [2.45, 2.75) is 32.7 Å². The summed E-state index contributed by atoms with van der Waals surface area (Å²) in [7, 11) is 0. The molecule has 1 N–H and O–H groups in total. The van der Waals surface area contributed by atoms with E-state index in [1.807, 2.05) is 4.90 Å². The lowest BCUT2D eigenvalue weighted by atomic mass is 9.97. The summed E-state index contributed by atoms with van der Waals surface area (Å²) in [6.07, 6.45) is 3.93. The third-order valence-electron chi connectivity index (χ3n) is 2.88. The normalized spacial score (nSPS) is 21.4. The Hall–Kier alpha value is -0.830. The number of carbonyl (C=O) groups excluding carboxylic acids is 1. The Labute approximate surface area is 92.5 Å². The predicted molar refractivity (Wildman–Crippen MR) is 62.6 cm³/mol. The molecule has 1 heterocycles. The topological polar surface area (TPSA) is 32.3 Å². The van der Waals surface area contributed by atoms with E-state index in [0.717, 1.165) is 25.9 Å². The molecule has 1 aliphatic rings. The van der Waals surface area contributed by atoms with Crippen LogP contribution in [0.15, 0.2) is 12.7 Å². The minimum Gasteiger partial charge on any atom is -0.336 e. The molecule has 0 bridgehead atoms. The Bertz CT molecular complexity index is 220. The summed E-state index contributed by atoms with van der Waals surface area (Å²) in [6, 6.07) is 0.262. The van der Waals surface area contributed by atoms with Crippen molar-refractivity contribution in [3.8, 4) is 0 Å². The van der Waals surface area contributed by atoms with Crippen molar-refractivity contribution < 1.29 is 4.79 Å². The summed E-state index contributed by atoms with van der Waals surface area (Å²) in [5.41, 5.74) is 0. The Kier molecular flexibility index (Phi) is 4.82. The van der Waals surface area contributed by atoms with Crippen LogP contribution in [0, 0.1) is 5.92 Å². The molecule has 3 heteroatoms. The number of piperidine rings is 1. The van der Waals surface area contributed by atoms with Crippen LogP contribution in [-0.2, 0) is 4.79 Å². The van der Waals surface area contributed by atoms with Crippen LogP contribution < -0.4 is 5.32 Å². The maximum atomic E-state index is 12.2. The zero-order chi connectivity index (χ0) is 11.3. The molecule has 1 saturated heterocycles. The van der Waals surface area contributed by atoms with Gasteiger partial charge in [-0.3, -0.25) is 4.79 Å². The van der Waals surface area contributed by atoms with E-state index < -0.39 is 0 Å². The molecule has 0 radical (unpaired) electrons. The SMILES string of the molecule is C=CCN(C(=O)[C@H]1CCCNC1)C(C)C. The van der Waals surface area contributed by atoms with Crippen molar-refractivity contribution in [2.24, 2.45) is 5.92 Å². The van der Waals surface area contributed by atoms with E-state index in [1.54, 1.807) is 6.08 Å². The molecule has 0 aromatic rings. The summed E-state index contributed by atoms with van der Waals surface area (Å²) in [4.78, 5) is 14.1. The van der Waals surface area contributed by atoms with Gasteiger partial charge in [-0.1, -0.05) is 6.08 Å². The second-order valence-electron chi connectivity index (χ2n) is 4.42. The molecule has 3 nitrogen and oxygen atoms in total. The Balaban J connectivity index is 2.57. The molecule has 0 unspecified atom stereocenters. The molecule has 0 saturated carbocycles. The van der Waals surface area contributed by atoms with Crippen LogP contribution in [0.5, 0.6) is 0 Å². The first kappa shape index (κ1) is 12.2. The standard InChI is InChI=1S/C12H22N2O/c1-4-8-14(10(2)3)12(15)11-6-5-7-13-9-11/h4,10-11,13H,1,5-9H2,2-3H3/t11-/m0/s1. The van der Waals surface area contributed by atoms with Crippen LogP contribution >= 0.6 is 0 Å². The van der Waals surface area contributed by atoms with Crippen molar-refractivity contribution >= 4 is 5.91 Å². The molecule has 1 atom stereocenters. The predicted octanol–water partition coefficient (Wildman–Crippen LogP) is 1.41. The summed E-state index contributed by atoms with van der Waals surface area (Å²) in [5, 5.41) is 3.28. The average molecular weight is 210 g/mol. The second kappa shape index (κ2) is 5.91. The van der Waals surface area contributed by atoms with Crippen LogP contribution in [0.4, 0.5) is 0 Å². The quantitative estimate of drug-likeness (QED) is 0.712. The zero-order valence-corrected chi connectivity index (χ0v) is 9.83. The summed E-state index contributed by atoms with van der Waals surface area (Å²) < 4.78 is 0. The fraction of sp³-hybridized carbons (Fsp3) is 0.750. The second-order valence-corrected chi connectivity index (χ2v) is 4.42. The van der Waals surface area contributed by atoms with Gasteiger partial charge in [0, 0.05) is 19.1 Å². The van der Waals surface area contributed by atoms with Gasteiger partial charge in [0.2, 0.25) is 5.91 Å². The lowest BCUT2D eigenvalue weighted by Gasteiger charge is -2.31. The Morgan fingerprint density at radius 2 is 2.40 bits per heavy atom. The fourth-order valence-corrected chi connectivity index (χ4v) is 1.99. The molecular weight excluding hydrogens is 188 g/mol. The number of nitrogens with one attached hydrogen (secondary N) is 1. The number of hydrogen-bond acceptors (Lipinski definition) is 2.